The molecule has 0 aliphatic rings. The minimum atomic E-state index is -0.789. The van der Waals surface area contributed by atoms with Crippen LogP contribution in [0, 0.1) is 0 Å². The molecule has 3 rings (SSSR count). The number of amides is 2. The second kappa shape index (κ2) is 13.3. The van der Waals surface area contributed by atoms with Gasteiger partial charge in [-0.2, -0.15) is 0 Å². The molecule has 8 nitrogen and oxygen atoms in total. The predicted octanol–water partition coefficient (Wildman–Crippen LogP) is 4.27. The average molecular weight is 516 g/mol. The van der Waals surface area contributed by atoms with Crippen molar-refractivity contribution >= 4 is 35.2 Å². The lowest BCUT2D eigenvalue weighted by atomic mass is 10.1. The van der Waals surface area contributed by atoms with E-state index in [0.717, 1.165) is 18.4 Å². The number of carbonyl (C=O) groups excluding carboxylic acids is 2. The molecule has 0 bridgehead atoms. The summed E-state index contributed by atoms with van der Waals surface area (Å²) in [6.07, 6.45) is 0.957. The Morgan fingerprint density at radius 2 is 1.77 bits per heavy atom. The van der Waals surface area contributed by atoms with Gasteiger partial charge in [-0.25, -0.2) is 0 Å². The second-order valence-electron chi connectivity index (χ2n) is 8.03. The predicted molar refractivity (Wildman–Crippen MR) is 139 cm³/mol. The largest absolute Gasteiger partial charge is 0.390 e. The average Bonchev–Trinajstić information content (AvgIpc) is 3.35. The topological polar surface area (TPSA) is 111 Å². The molecule has 3 N–H and O–H groups in total. The maximum Gasteiger partial charge on any atom is 0.253 e. The third kappa shape index (κ3) is 7.81. The van der Waals surface area contributed by atoms with Crippen LogP contribution in [-0.4, -0.2) is 68.5 Å². The molecule has 2 aromatic carbocycles. The smallest absolute Gasteiger partial charge is 0.253 e. The number of aromatic nitrogens is 3. The number of nitrogens with one attached hydrogen (secondary N) is 2. The molecule has 1 aromatic heterocycles. The number of rotatable bonds is 12. The number of aliphatic hydroxyl groups excluding tert-OH is 1. The lowest BCUT2D eigenvalue weighted by Gasteiger charge is -2.21. The quantitative estimate of drug-likeness (QED) is 0.311. The number of halogens is 1. The first-order valence-electron chi connectivity index (χ1n) is 11.6. The lowest BCUT2D eigenvalue weighted by molar-refractivity contribution is 0.0755. The number of H-pyrrole nitrogens is 1. The van der Waals surface area contributed by atoms with Crippen LogP contribution in [0.4, 0.5) is 0 Å². The van der Waals surface area contributed by atoms with E-state index < -0.39 is 6.10 Å². The van der Waals surface area contributed by atoms with Gasteiger partial charge in [0.15, 0.2) is 11.0 Å². The Kier molecular flexibility index (Phi) is 10.1. The third-order valence-corrected chi connectivity index (χ3v) is 6.40. The van der Waals surface area contributed by atoms with E-state index in [1.165, 1.54) is 11.8 Å². The minimum Gasteiger partial charge on any atom is -0.390 e. The minimum absolute atomic E-state index is 0.0694. The standard InChI is InChI=1S/C25H30ClN5O3S/c1-3-12-31(13-4-2)24(34)19-7-5-6-18(14-19)23(33)27-15-21(32)16-35-25-28-22(29-30-25)17-8-10-20(26)11-9-17/h5-11,14,21,32H,3-4,12-13,15-16H2,1-2H3,(H,27,33)(H,28,29,30)/t21-/m0/s1. The van der Waals surface area contributed by atoms with Crippen molar-refractivity contribution in [2.45, 2.75) is 37.9 Å². The molecule has 0 aliphatic carbocycles. The van der Waals surface area contributed by atoms with Crippen molar-refractivity contribution in [3.63, 3.8) is 0 Å². The van der Waals surface area contributed by atoms with E-state index in [9.17, 15) is 14.7 Å². The van der Waals surface area contributed by atoms with E-state index >= 15 is 0 Å². The molecule has 0 spiro atoms. The Balaban J connectivity index is 1.50. The zero-order chi connectivity index (χ0) is 25.2. The fraction of sp³-hybridized carbons (Fsp3) is 0.360. The highest BCUT2D eigenvalue weighted by Crippen LogP contribution is 2.21. The van der Waals surface area contributed by atoms with Crippen LogP contribution in [0.3, 0.4) is 0 Å². The Hall–Kier alpha value is -2.88. The highest BCUT2D eigenvalue weighted by Gasteiger charge is 2.17. The van der Waals surface area contributed by atoms with E-state index in [1.54, 1.807) is 41.3 Å². The molecule has 2 amide bonds. The molecule has 0 aliphatic heterocycles. The molecule has 0 radical (unpaired) electrons. The zero-order valence-electron chi connectivity index (χ0n) is 19.8. The molecule has 0 fully saturated rings. The summed E-state index contributed by atoms with van der Waals surface area (Å²) < 4.78 is 0. The van der Waals surface area contributed by atoms with Gasteiger partial charge in [-0.05, 0) is 55.3 Å². The number of hydrogen-bond acceptors (Lipinski definition) is 6. The molecule has 35 heavy (non-hydrogen) atoms. The van der Waals surface area contributed by atoms with Gasteiger partial charge in [0.25, 0.3) is 11.8 Å². The summed E-state index contributed by atoms with van der Waals surface area (Å²) in [5, 5.41) is 22.5. The summed E-state index contributed by atoms with van der Waals surface area (Å²) in [6.45, 7) is 5.49. The van der Waals surface area contributed by atoms with Crippen LogP contribution < -0.4 is 5.32 Å². The summed E-state index contributed by atoms with van der Waals surface area (Å²) in [5.74, 6) is 0.505. The number of benzene rings is 2. The fourth-order valence-corrected chi connectivity index (χ4v) is 4.29. The normalized spacial score (nSPS) is 11.8. The van der Waals surface area contributed by atoms with Crippen LogP contribution >= 0.6 is 23.4 Å². The maximum atomic E-state index is 12.8. The zero-order valence-corrected chi connectivity index (χ0v) is 21.4. The van der Waals surface area contributed by atoms with Gasteiger partial charge in [0, 0.05) is 47.1 Å². The Labute approximate surface area is 214 Å². The fourth-order valence-electron chi connectivity index (χ4n) is 3.43. The van der Waals surface area contributed by atoms with E-state index in [0.29, 0.717) is 46.0 Å². The van der Waals surface area contributed by atoms with Crippen molar-refractivity contribution in [3.8, 4) is 11.4 Å². The van der Waals surface area contributed by atoms with Crippen molar-refractivity contribution < 1.29 is 14.7 Å². The molecule has 186 valence electrons. The van der Waals surface area contributed by atoms with Gasteiger partial charge in [0.2, 0.25) is 0 Å². The van der Waals surface area contributed by atoms with Gasteiger partial charge in [-0.3, -0.25) is 9.59 Å². The molecule has 3 aromatic rings. The van der Waals surface area contributed by atoms with Crippen LogP contribution in [0.2, 0.25) is 5.02 Å². The van der Waals surface area contributed by atoms with E-state index in [-0.39, 0.29) is 18.4 Å². The Morgan fingerprint density at radius 1 is 1.09 bits per heavy atom. The van der Waals surface area contributed by atoms with Gasteiger partial charge in [0.05, 0.1) is 6.10 Å². The molecule has 1 atom stereocenters. The van der Waals surface area contributed by atoms with Crippen molar-refractivity contribution in [2.24, 2.45) is 0 Å². The number of hydrogen-bond donors (Lipinski definition) is 3. The first kappa shape index (κ1) is 26.7. The summed E-state index contributed by atoms with van der Waals surface area (Å²) in [5.41, 5.74) is 1.72. The molecule has 10 heteroatoms. The van der Waals surface area contributed by atoms with Gasteiger partial charge >= 0.3 is 0 Å². The van der Waals surface area contributed by atoms with Crippen molar-refractivity contribution in [1.82, 2.24) is 25.4 Å². The Bertz CT molecular complexity index is 1120. The molecule has 1 heterocycles. The van der Waals surface area contributed by atoms with Crippen LogP contribution in [0.15, 0.2) is 53.7 Å². The number of aliphatic hydroxyl groups is 1. The molecular formula is C25H30ClN5O3S. The van der Waals surface area contributed by atoms with E-state index in [4.69, 9.17) is 11.6 Å². The monoisotopic (exact) mass is 515 g/mol. The van der Waals surface area contributed by atoms with Gasteiger partial charge in [-0.1, -0.05) is 43.3 Å². The van der Waals surface area contributed by atoms with Crippen molar-refractivity contribution in [3.05, 3.63) is 64.7 Å². The van der Waals surface area contributed by atoms with Gasteiger partial charge in [-0.15, -0.1) is 10.2 Å². The first-order valence-corrected chi connectivity index (χ1v) is 12.9. The summed E-state index contributed by atoms with van der Waals surface area (Å²) in [4.78, 5) is 30.3. The first-order chi connectivity index (χ1) is 16.9. The summed E-state index contributed by atoms with van der Waals surface area (Å²) in [7, 11) is 0. The van der Waals surface area contributed by atoms with E-state index in [2.05, 4.69) is 20.5 Å². The summed E-state index contributed by atoms with van der Waals surface area (Å²) >= 11 is 7.22. The highest BCUT2D eigenvalue weighted by atomic mass is 35.5. The van der Waals surface area contributed by atoms with Crippen molar-refractivity contribution in [1.29, 1.82) is 0 Å². The Morgan fingerprint density at radius 3 is 2.46 bits per heavy atom. The molecular weight excluding hydrogens is 486 g/mol. The van der Waals surface area contributed by atoms with Gasteiger partial charge < -0.3 is 20.3 Å². The molecule has 0 unspecified atom stereocenters. The van der Waals surface area contributed by atoms with Crippen LogP contribution in [0.25, 0.3) is 11.4 Å². The lowest BCUT2D eigenvalue weighted by Crippen LogP contribution is -2.34. The van der Waals surface area contributed by atoms with Crippen LogP contribution in [-0.2, 0) is 0 Å². The highest BCUT2D eigenvalue weighted by molar-refractivity contribution is 7.99. The number of aromatic amines is 1. The SMILES string of the molecule is CCCN(CCC)C(=O)c1cccc(C(=O)NC[C@H](O)CSc2nnc(-c3ccc(Cl)cc3)[nH]2)c1. The number of carbonyl (C=O) groups is 2. The number of nitrogens with zero attached hydrogens (tertiary/aromatic N) is 3. The molecule has 0 saturated carbocycles. The second-order valence-corrected chi connectivity index (χ2v) is 9.48. The van der Waals surface area contributed by atoms with E-state index in [1.807, 2.05) is 26.0 Å². The van der Waals surface area contributed by atoms with Crippen molar-refractivity contribution in [2.75, 3.05) is 25.4 Å². The van der Waals surface area contributed by atoms with Crippen LogP contribution in [0.5, 0.6) is 0 Å². The molecule has 0 saturated heterocycles. The third-order valence-electron chi connectivity index (χ3n) is 5.14. The van der Waals surface area contributed by atoms with Crippen LogP contribution in [0.1, 0.15) is 47.4 Å². The number of thioether (sulfide) groups is 1. The van der Waals surface area contributed by atoms with Gasteiger partial charge in [0.1, 0.15) is 0 Å². The summed E-state index contributed by atoms with van der Waals surface area (Å²) in [6, 6.07) is 13.9. The maximum absolute atomic E-state index is 12.8.